The Hall–Kier alpha value is -2.37. The number of hydrogen-bond acceptors (Lipinski definition) is 5. The predicted octanol–water partition coefficient (Wildman–Crippen LogP) is 3.00. The normalized spacial score (nSPS) is 11.1. The average Bonchev–Trinajstić information content (AvgIpc) is 2.63. The Morgan fingerprint density at radius 3 is 2.13 bits per heavy atom. The van der Waals surface area contributed by atoms with Gasteiger partial charge in [0.15, 0.2) is 0 Å². The minimum Gasteiger partial charge on any atom is -0.487 e. The Morgan fingerprint density at radius 2 is 1.52 bits per heavy atom. The van der Waals surface area contributed by atoms with Crippen molar-refractivity contribution in [1.82, 2.24) is 0 Å². The molecule has 0 unspecified atom stereocenters. The molecule has 0 radical (unpaired) electrons. The van der Waals surface area contributed by atoms with Gasteiger partial charge in [-0.2, -0.15) is 0 Å². The molecule has 0 fully saturated rings. The maximum absolute atomic E-state index is 11.8. The van der Waals surface area contributed by atoms with E-state index in [0.29, 0.717) is 11.3 Å². The first-order chi connectivity index (χ1) is 11.2. The van der Waals surface area contributed by atoms with Crippen molar-refractivity contribution in [2.24, 2.45) is 0 Å². The summed E-state index contributed by atoms with van der Waals surface area (Å²) in [5.41, 5.74) is 1.17. The SMILES string of the molecule is COC(=O)c1ccccc1OCC(OC)(OC)c1ccccc1. The van der Waals surface area contributed by atoms with Gasteiger partial charge in [0.1, 0.15) is 17.9 Å². The molecule has 0 spiro atoms. The van der Waals surface area contributed by atoms with E-state index in [1.54, 1.807) is 38.5 Å². The van der Waals surface area contributed by atoms with E-state index >= 15 is 0 Å². The molecule has 0 aliphatic carbocycles. The van der Waals surface area contributed by atoms with Gasteiger partial charge in [-0.3, -0.25) is 0 Å². The van der Waals surface area contributed by atoms with Crippen molar-refractivity contribution in [3.63, 3.8) is 0 Å². The number of carbonyl (C=O) groups excluding carboxylic acids is 1. The summed E-state index contributed by atoms with van der Waals surface area (Å²) >= 11 is 0. The molecule has 0 heterocycles. The van der Waals surface area contributed by atoms with Gasteiger partial charge in [-0.1, -0.05) is 42.5 Å². The highest BCUT2D eigenvalue weighted by atomic mass is 16.7. The van der Waals surface area contributed by atoms with Crippen molar-refractivity contribution < 1.29 is 23.7 Å². The molecule has 0 saturated carbocycles. The third-order valence-corrected chi connectivity index (χ3v) is 3.58. The minimum atomic E-state index is -1.06. The third-order valence-electron chi connectivity index (χ3n) is 3.58. The zero-order chi connectivity index (χ0) is 16.7. The average molecular weight is 316 g/mol. The molecule has 2 rings (SSSR count). The number of benzene rings is 2. The summed E-state index contributed by atoms with van der Waals surface area (Å²) in [6.45, 7) is 0.0814. The van der Waals surface area contributed by atoms with Gasteiger partial charge in [-0.05, 0) is 12.1 Å². The van der Waals surface area contributed by atoms with Crippen LogP contribution in [0.5, 0.6) is 5.75 Å². The van der Waals surface area contributed by atoms with Crippen LogP contribution in [-0.2, 0) is 20.0 Å². The molecule has 2 aromatic carbocycles. The Labute approximate surface area is 135 Å². The largest absolute Gasteiger partial charge is 0.487 e. The van der Waals surface area contributed by atoms with Crippen LogP contribution in [0, 0.1) is 0 Å². The van der Waals surface area contributed by atoms with Gasteiger partial charge in [-0.25, -0.2) is 4.79 Å². The Balaban J connectivity index is 2.25. The van der Waals surface area contributed by atoms with E-state index in [0.717, 1.165) is 5.56 Å². The minimum absolute atomic E-state index is 0.0814. The lowest BCUT2D eigenvalue weighted by molar-refractivity contribution is -0.231. The van der Waals surface area contributed by atoms with Gasteiger partial charge < -0.3 is 18.9 Å². The first-order valence-corrected chi connectivity index (χ1v) is 7.13. The predicted molar refractivity (Wildman–Crippen MR) is 85.4 cm³/mol. The fraction of sp³-hybridized carbons (Fsp3) is 0.278. The van der Waals surface area contributed by atoms with Crippen LogP contribution < -0.4 is 4.74 Å². The molecule has 5 heteroatoms. The zero-order valence-electron chi connectivity index (χ0n) is 13.4. The van der Waals surface area contributed by atoms with E-state index in [9.17, 15) is 4.79 Å². The van der Waals surface area contributed by atoms with Crippen molar-refractivity contribution in [1.29, 1.82) is 0 Å². The molecule has 122 valence electrons. The second-order valence-corrected chi connectivity index (χ2v) is 4.80. The van der Waals surface area contributed by atoms with Crippen LogP contribution in [0.2, 0.25) is 0 Å². The van der Waals surface area contributed by atoms with Gasteiger partial charge in [-0.15, -0.1) is 0 Å². The second kappa shape index (κ2) is 7.76. The van der Waals surface area contributed by atoms with Gasteiger partial charge in [0.25, 0.3) is 0 Å². The lowest BCUT2D eigenvalue weighted by Gasteiger charge is -2.31. The van der Waals surface area contributed by atoms with E-state index < -0.39 is 11.8 Å². The molecule has 0 atom stereocenters. The molecule has 0 aliphatic rings. The van der Waals surface area contributed by atoms with E-state index in [1.807, 2.05) is 30.3 Å². The summed E-state index contributed by atoms with van der Waals surface area (Å²) in [4.78, 5) is 11.8. The summed E-state index contributed by atoms with van der Waals surface area (Å²) < 4.78 is 21.7. The summed E-state index contributed by atoms with van der Waals surface area (Å²) in [5.74, 6) is -1.11. The lowest BCUT2D eigenvalue weighted by Crippen LogP contribution is -2.37. The van der Waals surface area contributed by atoms with E-state index in [-0.39, 0.29) is 6.61 Å². The summed E-state index contributed by atoms with van der Waals surface area (Å²) in [6, 6.07) is 16.4. The van der Waals surface area contributed by atoms with Crippen LogP contribution in [-0.4, -0.2) is 33.9 Å². The standard InChI is InChI=1S/C18H20O5/c1-20-17(19)15-11-7-8-12-16(15)23-13-18(21-2,22-3)14-9-5-4-6-10-14/h4-12H,13H2,1-3H3. The molecule has 23 heavy (non-hydrogen) atoms. The first kappa shape index (κ1) is 17.0. The fourth-order valence-electron chi connectivity index (χ4n) is 2.26. The van der Waals surface area contributed by atoms with Crippen LogP contribution >= 0.6 is 0 Å². The van der Waals surface area contributed by atoms with Crippen LogP contribution in [0.25, 0.3) is 0 Å². The molecule has 0 saturated heterocycles. The van der Waals surface area contributed by atoms with Crippen molar-refractivity contribution in [3.8, 4) is 5.75 Å². The molecule has 0 aliphatic heterocycles. The second-order valence-electron chi connectivity index (χ2n) is 4.80. The highest BCUT2D eigenvalue weighted by molar-refractivity contribution is 5.92. The molecule has 5 nitrogen and oxygen atoms in total. The molecular weight excluding hydrogens is 296 g/mol. The number of para-hydroxylation sites is 1. The molecule has 2 aromatic rings. The number of hydrogen-bond donors (Lipinski definition) is 0. The number of ether oxygens (including phenoxy) is 4. The summed E-state index contributed by atoms with van der Waals surface area (Å²) in [5, 5.41) is 0. The maximum atomic E-state index is 11.8. The van der Waals surface area contributed by atoms with E-state index in [1.165, 1.54) is 7.11 Å². The van der Waals surface area contributed by atoms with Gasteiger partial charge in [0, 0.05) is 19.8 Å². The Bertz CT molecular complexity index is 635. The van der Waals surface area contributed by atoms with E-state index in [4.69, 9.17) is 18.9 Å². The summed E-state index contributed by atoms with van der Waals surface area (Å²) in [7, 11) is 4.43. The maximum Gasteiger partial charge on any atom is 0.341 e. The molecule has 0 aromatic heterocycles. The Morgan fingerprint density at radius 1 is 0.913 bits per heavy atom. The zero-order valence-corrected chi connectivity index (χ0v) is 13.4. The van der Waals surface area contributed by atoms with Gasteiger partial charge in [0.2, 0.25) is 5.79 Å². The summed E-state index contributed by atoms with van der Waals surface area (Å²) in [6.07, 6.45) is 0. The lowest BCUT2D eigenvalue weighted by atomic mass is 10.1. The van der Waals surface area contributed by atoms with Crippen LogP contribution in [0.15, 0.2) is 54.6 Å². The van der Waals surface area contributed by atoms with Crippen molar-refractivity contribution in [3.05, 3.63) is 65.7 Å². The van der Waals surface area contributed by atoms with E-state index in [2.05, 4.69) is 0 Å². The highest BCUT2D eigenvalue weighted by Crippen LogP contribution is 2.28. The number of methoxy groups -OCH3 is 3. The van der Waals surface area contributed by atoms with Crippen molar-refractivity contribution >= 4 is 5.97 Å². The topological polar surface area (TPSA) is 54.0 Å². The first-order valence-electron chi connectivity index (χ1n) is 7.13. The van der Waals surface area contributed by atoms with Crippen molar-refractivity contribution in [2.45, 2.75) is 5.79 Å². The molecule has 0 bridgehead atoms. The van der Waals surface area contributed by atoms with Crippen LogP contribution in [0.4, 0.5) is 0 Å². The van der Waals surface area contributed by atoms with Crippen molar-refractivity contribution in [2.75, 3.05) is 27.9 Å². The number of rotatable bonds is 7. The van der Waals surface area contributed by atoms with Gasteiger partial charge >= 0.3 is 5.97 Å². The number of carbonyl (C=O) groups is 1. The molecular formula is C18H20O5. The number of esters is 1. The smallest absolute Gasteiger partial charge is 0.341 e. The highest BCUT2D eigenvalue weighted by Gasteiger charge is 2.33. The third kappa shape index (κ3) is 3.70. The molecule has 0 N–H and O–H groups in total. The van der Waals surface area contributed by atoms with Crippen LogP contribution in [0.3, 0.4) is 0 Å². The van der Waals surface area contributed by atoms with Crippen LogP contribution in [0.1, 0.15) is 15.9 Å². The fourth-order valence-corrected chi connectivity index (χ4v) is 2.26. The Kier molecular flexibility index (Phi) is 5.73. The molecule has 0 amide bonds. The quantitative estimate of drug-likeness (QED) is 0.580. The monoisotopic (exact) mass is 316 g/mol. The van der Waals surface area contributed by atoms with Gasteiger partial charge in [0.05, 0.1) is 7.11 Å².